The third kappa shape index (κ3) is 71.7. The standard InChI is InChI=1S/C81H158O17P2/c1-9-73(7)59-51-43-35-31-32-38-48-56-64-81(86)98-76(67-91-78(83)61-53-45-36-29-25-21-17-13-11-15-19-23-27-33-41-49-57-71(3)4)69-95-99(87,88)93-65-75(82)66-94-100(89,90)96-70-77(68-92-79(84)62-54-46-40-39-44-52-60-74(8)10-2)97-80(85)63-55-47-37-30-26-22-18-14-12-16-20-24-28-34-42-50-58-72(5)6/h71-77,82H,9-70H2,1-8H3,(H,87,88)(H,89,90)/t73?,74?,75-,76-,77-/m1/s1. The molecular formula is C81H158O17P2. The first-order valence-corrected chi connectivity index (χ1v) is 44.8. The molecule has 3 N–H and O–H groups in total. The maximum atomic E-state index is 13.1. The van der Waals surface area contributed by atoms with Crippen molar-refractivity contribution in [1.82, 2.24) is 0 Å². The average Bonchev–Trinajstić information content (AvgIpc) is 0.928. The molecule has 0 aliphatic rings. The van der Waals surface area contributed by atoms with Crippen LogP contribution in [0.2, 0.25) is 0 Å². The molecule has 0 aliphatic carbocycles. The highest BCUT2D eigenvalue weighted by atomic mass is 31.2. The minimum absolute atomic E-state index is 0.105. The van der Waals surface area contributed by atoms with E-state index < -0.39 is 97.5 Å². The molecule has 0 aromatic heterocycles. The summed E-state index contributed by atoms with van der Waals surface area (Å²) >= 11 is 0. The number of aliphatic hydroxyl groups excluding tert-OH is 1. The van der Waals surface area contributed by atoms with Crippen molar-refractivity contribution in [3.63, 3.8) is 0 Å². The number of carbonyl (C=O) groups is 4. The first-order chi connectivity index (χ1) is 48.2. The van der Waals surface area contributed by atoms with E-state index in [1.807, 2.05) is 0 Å². The zero-order valence-corrected chi connectivity index (χ0v) is 67.6. The van der Waals surface area contributed by atoms with Gasteiger partial charge in [-0.1, -0.05) is 364 Å². The second-order valence-electron chi connectivity index (χ2n) is 30.6. The van der Waals surface area contributed by atoms with Crippen LogP contribution in [-0.2, 0) is 65.4 Å². The number of aliphatic hydroxyl groups is 1. The Hall–Kier alpha value is -1.94. The van der Waals surface area contributed by atoms with Crippen LogP contribution in [0.4, 0.5) is 0 Å². The zero-order valence-electron chi connectivity index (χ0n) is 65.8. The molecule has 17 nitrogen and oxygen atoms in total. The SMILES string of the molecule is CCC(C)CCCCCCCCCCC(=O)O[C@H](COC(=O)CCCCCCCCCCCCCCCCCCC(C)C)COP(=O)(O)OC[C@@H](O)COP(=O)(O)OC[C@@H](COC(=O)CCCCCCCCC(C)CC)OC(=O)CCCCCCCCCCCCCCCCCCC(C)C. The fourth-order valence-corrected chi connectivity index (χ4v) is 13.9. The smallest absolute Gasteiger partial charge is 0.462 e. The van der Waals surface area contributed by atoms with Gasteiger partial charge in [0.15, 0.2) is 12.2 Å². The Morgan fingerprint density at radius 1 is 0.280 bits per heavy atom. The van der Waals surface area contributed by atoms with E-state index in [4.69, 9.17) is 37.0 Å². The summed E-state index contributed by atoms with van der Waals surface area (Å²) in [6, 6.07) is 0. The highest BCUT2D eigenvalue weighted by Crippen LogP contribution is 2.45. The number of carbonyl (C=O) groups excluding carboxylic acids is 4. The highest BCUT2D eigenvalue weighted by Gasteiger charge is 2.30. The average molecular weight is 1470 g/mol. The lowest BCUT2D eigenvalue weighted by molar-refractivity contribution is -0.161. The molecule has 0 saturated heterocycles. The van der Waals surface area contributed by atoms with Crippen molar-refractivity contribution >= 4 is 39.5 Å². The van der Waals surface area contributed by atoms with E-state index in [1.165, 1.54) is 212 Å². The Labute approximate surface area is 613 Å². The lowest BCUT2D eigenvalue weighted by Gasteiger charge is -2.21. The van der Waals surface area contributed by atoms with Crippen LogP contribution in [0.5, 0.6) is 0 Å². The van der Waals surface area contributed by atoms with Gasteiger partial charge in [-0.15, -0.1) is 0 Å². The van der Waals surface area contributed by atoms with Gasteiger partial charge in [0.25, 0.3) is 0 Å². The molecule has 0 aliphatic heterocycles. The van der Waals surface area contributed by atoms with Crippen LogP contribution in [0, 0.1) is 23.7 Å². The predicted octanol–water partition coefficient (Wildman–Crippen LogP) is 24.0. The summed E-state index contributed by atoms with van der Waals surface area (Å²) in [5.41, 5.74) is 0. The van der Waals surface area contributed by atoms with Gasteiger partial charge in [-0.3, -0.25) is 37.3 Å². The summed E-state index contributed by atoms with van der Waals surface area (Å²) in [5.74, 6) is 1.01. The van der Waals surface area contributed by atoms with Crippen molar-refractivity contribution in [2.75, 3.05) is 39.6 Å². The van der Waals surface area contributed by atoms with Gasteiger partial charge in [-0.05, 0) is 49.4 Å². The summed E-state index contributed by atoms with van der Waals surface area (Å²) in [4.78, 5) is 73.0. The second-order valence-corrected chi connectivity index (χ2v) is 33.5. The van der Waals surface area contributed by atoms with E-state index in [1.54, 1.807) is 0 Å². The van der Waals surface area contributed by atoms with Gasteiger partial charge in [0.1, 0.15) is 19.3 Å². The van der Waals surface area contributed by atoms with E-state index in [2.05, 4.69) is 55.4 Å². The second kappa shape index (κ2) is 70.1. The van der Waals surface area contributed by atoms with E-state index in [-0.39, 0.29) is 25.7 Å². The van der Waals surface area contributed by atoms with Crippen molar-refractivity contribution in [3.8, 4) is 0 Å². The Kier molecular flexibility index (Phi) is 68.7. The minimum atomic E-state index is -4.96. The van der Waals surface area contributed by atoms with Gasteiger partial charge in [-0.25, -0.2) is 9.13 Å². The third-order valence-electron chi connectivity index (χ3n) is 19.5. The monoisotopic (exact) mass is 1470 g/mol. The molecule has 0 bridgehead atoms. The third-order valence-corrected chi connectivity index (χ3v) is 21.4. The van der Waals surface area contributed by atoms with Crippen LogP contribution in [0.15, 0.2) is 0 Å². The molecule has 7 atom stereocenters. The molecule has 594 valence electrons. The van der Waals surface area contributed by atoms with Crippen molar-refractivity contribution in [2.24, 2.45) is 23.7 Å². The summed E-state index contributed by atoms with van der Waals surface area (Å²) in [7, 11) is -9.92. The molecule has 0 amide bonds. The molecule has 0 radical (unpaired) electrons. The van der Waals surface area contributed by atoms with E-state index in [0.29, 0.717) is 25.7 Å². The van der Waals surface area contributed by atoms with Crippen molar-refractivity contribution in [2.45, 2.75) is 433 Å². The minimum Gasteiger partial charge on any atom is -0.462 e. The zero-order chi connectivity index (χ0) is 73.8. The predicted molar refractivity (Wildman–Crippen MR) is 409 cm³/mol. The van der Waals surface area contributed by atoms with Crippen LogP contribution in [0.25, 0.3) is 0 Å². The number of ether oxygens (including phenoxy) is 4. The molecule has 0 saturated carbocycles. The number of hydrogen-bond acceptors (Lipinski definition) is 15. The van der Waals surface area contributed by atoms with E-state index in [0.717, 1.165) is 120 Å². The van der Waals surface area contributed by atoms with E-state index in [9.17, 15) is 43.2 Å². The fourth-order valence-electron chi connectivity index (χ4n) is 12.4. The van der Waals surface area contributed by atoms with Gasteiger partial charge in [0, 0.05) is 25.7 Å². The van der Waals surface area contributed by atoms with Gasteiger partial charge in [0.05, 0.1) is 26.4 Å². The first kappa shape index (κ1) is 98.1. The summed E-state index contributed by atoms with van der Waals surface area (Å²) < 4.78 is 68.7. The largest absolute Gasteiger partial charge is 0.472 e. The maximum absolute atomic E-state index is 13.1. The molecular weight excluding hydrogens is 1310 g/mol. The van der Waals surface area contributed by atoms with Gasteiger partial charge >= 0.3 is 39.5 Å². The number of unbranched alkanes of at least 4 members (excludes halogenated alkanes) is 42. The number of rotatable bonds is 78. The molecule has 0 aromatic rings. The summed E-state index contributed by atoms with van der Waals surface area (Å²) in [6.45, 7) is 14.3. The van der Waals surface area contributed by atoms with Gasteiger partial charge in [0.2, 0.25) is 0 Å². The number of phosphoric ester groups is 2. The molecule has 100 heavy (non-hydrogen) atoms. The fraction of sp³-hybridized carbons (Fsp3) is 0.951. The Morgan fingerprint density at radius 3 is 0.710 bits per heavy atom. The van der Waals surface area contributed by atoms with E-state index >= 15 is 0 Å². The quantitative estimate of drug-likeness (QED) is 0.0222. The van der Waals surface area contributed by atoms with Crippen LogP contribution in [0.3, 0.4) is 0 Å². The Morgan fingerprint density at radius 2 is 0.480 bits per heavy atom. The highest BCUT2D eigenvalue weighted by molar-refractivity contribution is 7.47. The molecule has 4 unspecified atom stereocenters. The lowest BCUT2D eigenvalue weighted by atomic mass is 9.99. The molecule has 0 rings (SSSR count). The first-order valence-electron chi connectivity index (χ1n) is 41.8. The van der Waals surface area contributed by atoms with Crippen LogP contribution in [-0.4, -0.2) is 96.7 Å². The van der Waals surface area contributed by atoms with Crippen molar-refractivity contribution < 1.29 is 80.2 Å². The number of hydrogen-bond donors (Lipinski definition) is 3. The van der Waals surface area contributed by atoms with Crippen LogP contribution in [0.1, 0.15) is 415 Å². The normalized spacial score (nSPS) is 14.6. The molecule has 0 heterocycles. The van der Waals surface area contributed by atoms with Gasteiger partial charge < -0.3 is 33.8 Å². The number of esters is 4. The van der Waals surface area contributed by atoms with Crippen molar-refractivity contribution in [1.29, 1.82) is 0 Å². The maximum Gasteiger partial charge on any atom is 0.472 e. The lowest BCUT2D eigenvalue weighted by Crippen LogP contribution is -2.30. The Balaban J connectivity index is 5.20. The van der Waals surface area contributed by atoms with Crippen LogP contribution < -0.4 is 0 Å². The molecule has 0 spiro atoms. The molecule has 0 fully saturated rings. The molecule has 0 aromatic carbocycles. The van der Waals surface area contributed by atoms with Gasteiger partial charge in [-0.2, -0.15) is 0 Å². The van der Waals surface area contributed by atoms with Crippen molar-refractivity contribution in [3.05, 3.63) is 0 Å². The topological polar surface area (TPSA) is 237 Å². The Bertz CT molecular complexity index is 1960. The summed E-state index contributed by atoms with van der Waals surface area (Å²) in [5, 5.41) is 10.6. The summed E-state index contributed by atoms with van der Waals surface area (Å²) in [6.07, 6.45) is 56.9. The molecule has 19 heteroatoms. The number of phosphoric acid groups is 2. The van der Waals surface area contributed by atoms with Crippen LogP contribution >= 0.6 is 15.6 Å².